The average Bonchev–Trinajstić information content (AvgIpc) is 2.92. The van der Waals surface area contributed by atoms with Crippen LogP contribution in [0.15, 0.2) is 18.2 Å². The number of anilines is 1. The van der Waals surface area contributed by atoms with Crippen LogP contribution >= 0.6 is 23.2 Å². The van der Waals surface area contributed by atoms with Gasteiger partial charge in [-0.3, -0.25) is 4.79 Å². The van der Waals surface area contributed by atoms with E-state index in [4.69, 9.17) is 32.7 Å². The van der Waals surface area contributed by atoms with Crippen LogP contribution in [0.4, 0.5) is 5.69 Å². The lowest BCUT2D eigenvalue weighted by Crippen LogP contribution is -2.18. The van der Waals surface area contributed by atoms with Crippen LogP contribution in [0.3, 0.4) is 0 Å². The molecule has 1 aliphatic heterocycles. The number of amides is 1. The third-order valence-corrected chi connectivity index (χ3v) is 3.74. The number of benzene rings is 1. The van der Waals surface area contributed by atoms with Crippen molar-refractivity contribution in [1.82, 2.24) is 0 Å². The third kappa shape index (κ3) is 4.94. The molecule has 0 spiro atoms. The summed E-state index contributed by atoms with van der Waals surface area (Å²) < 4.78 is 10.9. The molecule has 1 fully saturated rings. The van der Waals surface area contributed by atoms with Crippen molar-refractivity contribution in [2.24, 2.45) is 0 Å². The first kappa shape index (κ1) is 15.6. The Morgan fingerprint density at radius 2 is 2.25 bits per heavy atom. The minimum atomic E-state index is -0.115. The van der Waals surface area contributed by atoms with Gasteiger partial charge in [-0.05, 0) is 31.0 Å². The van der Waals surface area contributed by atoms with E-state index in [-0.39, 0.29) is 12.0 Å². The van der Waals surface area contributed by atoms with Gasteiger partial charge in [0.05, 0.1) is 35.8 Å². The van der Waals surface area contributed by atoms with E-state index in [1.54, 1.807) is 18.2 Å². The lowest BCUT2D eigenvalue weighted by atomic mass is 10.2. The molecule has 0 bridgehead atoms. The molecule has 110 valence electrons. The van der Waals surface area contributed by atoms with Gasteiger partial charge >= 0.3 is 0 Å². The molecule has 0 saturated carbocycles. The van der Waals surface area contributed by atoms with Crippen molar-refractivity contribution >= 4 is 34.8 Å². The molecule has 2 rings (SSSR count). The quantitative estimate of drug-likeness (QED) is 0.817. The molecule has 1 N–H and O–H groups in total. The van der Waals surface area contributed by atoms with Crippen molar-refractivity contribution in [2.75, 3.05) is 25.1 Å². The van der Waals surface area contributed by atoms with Crippen molar-refractivity contribution in [3.8, 4) is 0 Å². The van der Waals surface area contributed by atoms with E-state index in [2.05, 4.69) is 5.32 Å². The topological polar surface area (TPSA) is 47.6 Å². The maximum absolute atomic E-state index is 11.7. The standard InChI is InChI=1S/C14H17Cl2NO3/c15-12-4-3-10(8-13(12)16)17-14(18)5-7-19-9-11-2-1-6-20-11/h3-4,8,11H,1-2,5-7,9H2,(H,17,18)/t11-/m0/s1. The Kier molecular flexibility index (Phi) is 6.10. The number of ether oxygens (including phenoxy) is 2. The molecule has 1 amide bonds. The Labute approximate surface area is 128 Å². The molecule has 1 saturated heterocycles. The fourth-order valence-electron chi connectivity index (χ4n) is 1.95. The number of rotatable bonds is 6. The zero-order chi connectivity index (χ0) is 14.4. The average molecular weight is 318 g/mol. The van der Waals surface area contributed by atoms with Crippen molar-refractivity contribution in [2.45, 2.75) is 25.4 Å². The summed E-state index contributed by atoms with van der Waals surface area (Å²) in [7, 11) is 0. The molecule has 4 nitrogen and oxygen atoms in total. The third-order valence-electron chi connectivity index (χ3n) is 3.00. The second kappa shape index (κ2) is 7.84. The Balaban J connectivity index is 1.65. The number of carbonyl (C=O) groups excluding carboxylic acids is 1. The lowest BCUT2D eigenvalue weighted by molar-refractivity contribution is -0.117. The van der Waals surface area contributed by atoms with Gasteiger partial charge in [-0.15, -0.1) is 0 Å². The van der Waals surface area contributed by atoms with Gasteiger partial charge in [-0.25, -0.2) is 0 Å². The van der Waals surface area contributed by atoms with E-state index in [1.807, 2.05) is 0 Å². The maximum atomic E-state index is 11.7. The Bertz CT molecular complexity index is 462. The van der Waals surface area contributed by atoms with Crippen LogP contribution in [-0.2, 0) is 14.3 Å². The van der Waals surface area contributed by atoms with Gasteiger partial charge < -0.3 is 14.8 Å². The lowest BCUT2D eigenvalue weighted by Gasteiger charge is -2.10. The first-order valence-electron chi connectivity index (χ1n) is 6.59. The summed E-state index contributed by atoms with van der Waals surface area (Å²) in [6.07, 6.45) is 2.61. The van der Waals surface area contributed by atoms with Crippen LogP contribution in [0.2, 0.25) is 10.0 Å². The Morgan fingerprint density at radius 1 is 1.40 bits per heavy atom. The molecule has 1 atom stereocenters. The molecule has 0 unspecified atom stereocenters. The summed E-state index contributed by atoms with van der Waals surface area (Å²) in [5.74, 6) is -0.115. The predicted molar refractivity (Wildman–Crippen MR) is 79.5 cm³/mol. The van der Waals surface area contributed by atoms with Crippen molar-refractivity contribution < 1.29 is 14.3 Å². The summed E-state index contributed by atoms with van der Waals surface area (Å²) in [6, 6.07) is 4.97. The first-order chi connectivity index (χ1) is 9.65. The van der Waals surface area contributed by atoms with E-state index >= 15 is 0 Å². The molecule has 0 aliphatic carbocycles. The summed E-state index contributed by atoms with van der Waals surface area (Å²) >= 11 is 11.7. The summed E-state index contributed by atoms with van der Waals surface area (Å²) in [5, 5.41) is 3.62. The zero-order valence-corrected chi connectivity index (χ0v) is 12.5. The number of hydrogen-bond donors (Lipinski definition) is 1. The second-order valence-corrected chi connectivity index (χ2v) is 5.45. The highest BCUT2D eigenvalue weighted by atomic mass is 35.5. The van der Waals surface area contributed by atoms with E-state index < -0.39 is 0 Å². The molecule has 20 heavy (non-hydrogen) atoms. The van der Waals surface area contributed by atoms with Gasteiger partial charge in [0.2, 0.25) is 5.91 Å². The summed E-state index contributed by atoms with van der Waals surface area (Å²) in [5.41, 5.74) is 0.628. The van der Waals surface area contributed by atoms with Crippen LogP contribution in [0.1, 0.15) is 19.3 Å². The van der Waals surface area contributed by atoms with Gasteiger partial charge in [-0.1, -0.05) is 23.2 Å². The van der Waals surface area contributed by atoms with Crippen LogP contribution in [-0.4, -0.2) is 31.8 Å². The molecular weight excluding hydrogens is 301 g/mol. The van der Waals surface area contributed by atoms with E-state index in [0.717, 1.165) is 19.4 Å². The molecule has 0 aromatic heterocycles. The first-order valence-corrected chi connectivity index (χ1v) is 7.35. The largest absolute Gasteiger partial charge is 0.378 e. The molecule has 1 aromatic carbocycles. The number of carbonyl (C=O) groups is 1. The number of halogens is 2. The van der Waals surface area contributed by atoms with Crippen molar-refractivity contribution in [1.29, 1.82) is 0 Å². The smallest absolute Gasteiger partial charge is 0.226 e. The minimum absolute atomic E-state index is 0.115. The highest BCUT2D eigenvalue weighted by Crippen LogP contribution is 2.25. The maximum Gasteiger partial charge on any atom is 0.226 e. The van der Waals surface area contributed by atoms with Gasteiger partial charge in [-0.2, -0.15) is 0 Å². The van der Waals surface area contributed by atoms with Gasteiger partial charge in [0.1, 0.15) is 0 Å². The van der Waals surface area contributed by atoms with E-state index in [9.17, 15) is 4.79 Å². The fourth-order valence-corrected chi connectivity index (χ4v) is 2.25. The van der Waals surface area contributed by atoms with Crippen LogP contribution in [0, 0.1) is 0 Å². The molecule has 1 aromatic rings. The molecule has 1 heterocycles. The number of nitrogens with one attached hydrogen (secondary N) is 1. The van der Waals surface area contributed by atoms with E-state index in [0.29, 0.717) is 35.4 Å². The molecule has 0 radical (unpaired) electrons. The van der Waals surface area contributed by atoms with Crippen molar-refractivity contribution in [3.05, 3.63) is 28.2 Å². The van der Waals surface area contributed by atoms with E-state index in [1.165, 1.54) is 0 Å². The van der Waals surface area contributed by atoms with Gasteiger partial charge in [0.25, 0.3) is 0 Å². The summed E-state index contributed by atoms with van der Waals surface area (Å²) in [4.78, 5) is 11.7. The molecule has 1 aliphatic rings. The van der Waals surface area contributed by atoms with Gasteiger partial charge in [0.15, 0.2) is 0 Å². The van der Waals surface area contributed by atoms with Gasteiger partial charge in [0, 0.05) is 12.3 Å². The highest BCUT2D eigenvalue weighted by molar-refractivity contribution is 6.42. The fraction of sp³-hybridized carbons (Fsp3) is 0.500. The van der Waals surface area contributed by atoms with Crippen molar-refractivity contribution in [3.63, 3.8) is 0 Å². The monoisotopic (exact) mass is 317 g/mol. The second-order valence-electron chi connectivity index (χ2n) is 4.64. The minimum Gasteiger partial charge on any atom is -0.378 e. The predicted octanol–water partition coefficient (Wildman–Crippen LogP) is 3.52. The Hall–Kier alpha value is -0.810. The zero-order valence-electron chi connectivity index (χ0n) is 11.0. The van der Waals surface area contributed by atoms with Crippen LogP contribution in [0.5, 0.6) is 0 Å². The molecule has 6 heteroatoms. The summed E-state index contributed by atoms with van der Waals surface area (Å²) in [6.45, 7) is 1.75. The SMILES string of the molecule is O=C(CCOC[C@@H]1CCCO1)Nc1ccc(Cl)c(Cl)c1. The number of hydrogen-bond acceptors (Lipinski definition) is 3. The Morgan fingerprint density at radius 3 is 2.95 bits per heavy atom. The highest BCUT2D eigenvalue weighted by Gasteiger charge is 2.15. The molecular formula is C14H17Cl2NO3. The normalized spacial score (nSPS) is 18.2. The van der Waals surface area contributed by atoms with Crippen LogP contribution < -0.4 is 5.32 Å². The van der Waals surface area contributed by atoms with Crippen LogP contribution in [0.25, 0.3) is 0 Å².